The molecule has 0 aliphatic rings. The minimum absolute atomic E-state index is 0.133. The molecular weight excluding hydrogens is 360 g/mol. The van der Waals surface area contributed by atoms with Gasteiger partial charge in [0.15, 0.2) is 0 Å². The van der Waals surface area contributed by atoms with Crippen molar-refractivity contribution in [1.82, 2.24) is 19.6 Å². The number of benzene rings is 2. The molecular formula is C20H18N4O4. The van der Waals surface area contributed by atoms with Crippen LogP contribution in [0.1, 0.15) is 11.1 Å². The molecule has 0 radical (unpaired) electrons. The highest BCUT2D eigenvalue weighted by molar-refractivity contribution is 5.53. The molecule has 8 heteroatoms. The smallest absolute Gasteiger partial charge is 0.388 e. The lowest BCUT2D eigenvalue weighted by atomic mass is 10.1. The van der Waals surface area contributed by atoms with Crippen LogP contribution in [0.25, 0.3) is 22.9 Å². The van der Waals surface area contributed by atoms with E-state index in [0.29, 0.717) is 11.1 Å². The van der Waals surface area contributed by atoms with Crippen LogP contribution in [0, 0.1) is 13.8 Å². The van der Waals surface area contributed by atoms with E-state index in [1.807, 2.05) is 62.4 Å². The quantitative estimate of drug-likeness (QED) is 0.530. The highest BCUT2D eigenvalue weighted by Gasteiger charge is 2.13. The molecule has 0 saturated heterocycles. The van der Waals surface area contributed by atoms with Gasteiger partial charge in [0.25, 0.3) is 0 Å². The van der Waals surface area contributed by atoms with Crippen LogP contribution in [-0.2, 0) is 13.1 Å². The van der Waals surface area contributed by atoms with Gasteiger partial charge in [-0.25, -0.2) is 9.59 Å². The molecule has 0 saturated carbocycles. The van der Waals surface area contributed by atoms with Crippen molar-refractivity contribution < 1.29 is 8.83 Å². The number of nitrogens with zero attached hydrogens (tertiary/aromatic N) is 4. The number of aryl methyl sites for hydroxylation is 4. The van der Waals surface area contributed by atoms with Crippen molar-refractivity contribution in [1.29, 1.82) is 0 Å². The van der Waals surface area contributed by atoms with Crippen LogP contribution in [0.2, 0.25) is 0 Å². The van der Waals surface area contributed by atoms with E-state index in [2.05, 4.69) is 10.2 Å². The second kappa shape index (κ2) is 7.15. The van der Waals surface area contributed by atoms with Crippen molar-refractivity contribution in [2.75, 3.05) is 0 Å². The van der Waals surface area contributed by atoms with E-state index < -0.39 is 11.5 Å². The third-order valence-corrected chi connectivity index (χ3v) is 4.33. The van der Waals surface area contributed by atoms with Crippen LogP contribution in [0.4, 0.5) is 0 Å². The highest BCUT2D eigenvalue weighted by atomic mass is 16.4. The Hall–Kier alpha value is -3.68. The van der Waals surface area contributed by atoms with Crippen molar-refractivity contribution in [2.24, 2.45) is 0 Å². The molecule has 8 nitrogen and oxygen atoms in total. The van der Waals surface area contributed by atoms with Crippen LogP contribution in [0.3, 0.4) is 0 Å². The van der Waals surface area contributed by atoms with Crippen molar-refractivity contribution in [2.45, 2.75) is 26.9 Å². The van der Waals surface area contributed by atoms with Gasteiger partial charge in [0, 0.05) is 11.1 Å². The number of hydrogen-bond donors (Lipinski definition) is 0. The summed E-state index contributed by atoms with van der Waals surface area (Å²) >= 11 is 0. The highest BCUT2D eigenvalue weighted by Crippen LogP contribution is 2.17. The Balaban J connectivity index is 1.52. The summed E-state index contributed by atoms with van der Waals surface area (Å²) in [4.78, 5) is 24.1. The fraction of sp³-hybridized carbons (Fsp3) is 0.200. The summed E-state index contributed by atoms with van der Waals surface area (Å²) in [5, 5.41) is 8.39. The van der Waals surface area contributed by atoms with E-state index in [-0.39, 0.29) is 24.9 Å². The minimum atomic E-state index is -0.592. The molecule has 0 amide bonds. The summed E-state index contributed by atoms with van der Waals surface area (Å²) in [5.41, 5.74) is 3.61. The number of hydrogen-bond acceptors (Lipinski definition) is 6. The van der Waals surface area contributed by atoms with Gasteiger partial charge in [-0.15, -0.1) is 10.2 Å². The van der Waals surface area contributed by atoms with Gasteiger partial charge >= 0.3 is 11.5 Å². The Kier molecular flexibility index (Phi) is 4.52. The molecule has 0 bridgehead atoms. The van der Waals surface area contributed by atoms with Gasteiger partial charge in [0.1, 0.15) is 0 Å². The van der Waals surface area contributed by atoms with E-state index in [9.17, 15) is 9.59 Å². The Morgan fingerprint density at radius 2 is 1.04 bits per heavy atom. The molecule has 4 aromatic rings. The third-order valence-electron chi connectivity index (χ3n) is 4.33. The van der Waals surface area contributed by atoms with Crippen molar-refractivity contribution in [3.8, 4) is 22.9 Å². The molecule has 0 atom stereocenters. The Bertz CT molecular complexity index is 1110. The second-order valence-corrected chi connectivity index (χ2v) is 6.52. The lowest BCUT2D eigenvalue weighted by Gasteiger charge is -1.98. The van der Waals surface area contributed by atoms with Crippen molar-refractivity contribution in [3.63, 3.8) is 0 Å². The molecule has 4 rings (SSSR count). The second-order valence-electron chi connectivity index (χ2n) is 6.52. The first-order valence-electron chi connectivity index (χ1n) is 8.79. The molecule has 28 heavy (non-hydrogen) atoms. The van der Waals surface area contributed by atoms with Crippen LogP contribution >= 0.6 is 0 Å². The lowest BCUT2D eigenvalue weighted by Crippen LogP contribution is -2.24. The van der Waals surface area contributed by atoms with Gasteiger partial charge in [-0.2, -0.15) is 9.36 Å². The zero-order valence-corrected chi connectivity index (χ0v) is 15.5. The molecule has 142 valence electrons. The first-order chi connectivity index (χ1) is 13.5. The molecule has 0 spiro atoms. The molecule has 0 fully saturated rings. The maximum Gasteiger partial charge on any atom is 0.437 e. The normalized spacial score (nSPS) is 11.1. The first kappa shape index (κ1) is 17.7. The minimum Gasteiger partial charge on any atom is -0.388 e. The standard InChI is InChI=1S/C20H18N4O4/c1-13-3-7-15(8-4-13)17-21-23(19(25)27-17)11-12-24-20(26)28-18(22-24)16-9-5-14(2)6-10-16/h3-10H,11-12H2,1-2H3. The van der Waals surface area contributed by atoms with Crippen molar-refractivity contribution in [3.05, 3.63) is 80.8 Å². The largest absolute Gasteiger partial charge is 0.437 e. The van der Waals surface area contributed by atoms with Gasteiger partial charge in [0.05, 0.1) is 13.1 Å². The summed E-state index contributed by atoms with van der Waals surface area (Å²) in [7, 11) is 0. The monoisotopic (exact) mass is 378 g/mol. The summed E-state index contributed by atoms with van der Waals surface area (Å²) in [6.07, 6.45) is 0. The number of rotatable bonds is 5. The van der Waals surface area contributed by atoms with E-state index in [0.717, 1.165) is 11.1 Å². The Morgan fingerprint density at radius 1 is 0.679 bits per heavy atom. The van der Waals surface area contributed by atoms with Gasteiger partial charge in [-0.05, 0) is 38.1 Å². The molecule has 2 aromatic carbocycles. The van der Waals surface area contributed by atoms with Crippen LogP contribution in [-0.4, -0.2) is 19.6 Å². The predicted octanol–water partition coefficient (Wildman–Crippen LogP) is 2.64. The Labute approximate surface area is 159 Å². The summed E-state index contributed by atoms with van der Waals surface area (Å²) < 4.78 is 12.8. The maximum absolute atomic E-state index is 12.0. The third kappa shape index (κ3) is 3.57. The fourth-order valence-electron chi connectivity index (χ4n) is 2.71. The Morgan fingerprint density at radius 3 is 1.39 bits per heavy atom. The topological polar surface area (TPSA) is 96.1 Å². The molecule has 0 aliphatic carbocycles. The summed E-state index contributed by atoms with van der Waals surface area (Å²) in [6, 6.07) is 15.0. The van der Waals surface area contributed by atoms with Gasteiger partial charge < -0.3 is 8.83 Å². The van der Waals surface area contributed by atoms with Crippen LogP contribution in [0.15, 0.2) is 67.0 Å². The zero-order chi connectivity index (χ0) is 19.7. The molecule has 0 aliphatic heterocycles. The maximum atomic E-state index is 12.0. The van der Waals surface area contributed by atoms with E-state index in [4.69, 9.17) is 8.83 Å². The molecule has 0 unspecified atom stereocenters. The van der Waals surface area contributed by atoms with Crippen molar-refractivity contribution >= 4 is 0 Å². The fourth-order valence-corrected chi connectivity index (χ4v) is 2.71. The van der Waals surface area contributed by atoms with E-state index >= 15 is 0 Å². The average molecular weight is 378 g/mol. The molecule has 0 N–H and O–H groups in total. The first-order valence-corrected chi connectivity index (χ1v) is 8.79. The summed E-state index contributed by atoms with van der Waals surface area (Å²) in [5.74, 6) is -0.715. The molecule has 2 aromatic heterocycles. The average Bonchev–Trinajstić information content (AvgIpc) is 3.24. The summed E-state index contributed by atoms with van der Waals surface area (Å²) in [6.45, 7) is 4.21. The van der Waals surface area contributed by atoms with Gasteiger partial charge in [-0.3, -0.25) is 0 Å². The van der Waals surface area contributed by atoms with Crippen LogP contribution < -0.4 is 11.5 Å². The SMILES string of the molecule is Cc1ccc(-c2nn(CCn3nc(-c4ccc(C)cc4)oc3=O)c(=O)o2)cc1. The number of aromatic nitrogens is 4. The van der Waals surface area contributed by atoms with Gasteiger partial charge in [0.2, 0.25) is 11.8 Å². The molecule has 2 heterocycles. The zero-order valence-electron chi connectivity index (χ0n) is 15.5. The van der Waals surface area contributed by atoms with Crippen LogP contribution in [0.5, 0.6) is 0 Å². The van der Waals surface area contributed by atoms with E-state index in [1.165, 1.54) is 9.36 Å². The van der Waals surface area contributed by atoms with E-state index in [1.54, 1.807) is 0 Å². The van der Waals surface area contributed by atoms with Gasteiger partial charge in [-0.1, -0.05) is 35.4 Å². The predicted molar refractivity (Wildman–Crippen MR) is 102 cm³/mol. The lowest BCUT2D eigenvalue weighted by molar-refractivity contribution is 0.423.